The molecule has 0 aromatic heterocycles. The van der Waals surface area contributed by atoms with Crippen LogP contribution in [0.4, 0.5) is 10.1 Å². The van der Waals surface area contributed by atoms with Crippen LogP contribution in [0.25, 0.3) is 0 Å². The summed E-state index contributed by atoms with van der Waals surface area (Å²) in [5.41, 5.74) is 1.09. The Labute approximate surface area is 134 Å². The predicted molar refractivity (Wildman–Crippen MR) is 87.1 cm³/mol. The molecule has 7 heteroatoms. The molecule has 0 aliphatic rings. The highest BCUT2D eigenvalue weighted by atomic mass is 32.2. The fourth-order valence-electron chi connectivity index (χ4n) is 2.14. The lowest BCUT2D eigenvalue weighted by atomic mass is 10.1. The third-order valence-corrected chi connectivity index (χ3v) is 3.70. The fourth-order valence-corrected chi connectivity index (χ4v) is 2.72. The van der Waals surface area contributed by atoms with E-state index in [1.165, 1.54) is 29.2 Å². The zero-order valence-electron chi connectivity index (χ0n) is 12.8. The van der Waals surface area contributed by atoms with Gasteiger partial charge in [0, 0.05) is 13.6 Å². The Kier molecular flexibility index (Phi) is 5.00. The number of anilines is 1. The van der Waals surface area contributed by atoms with E-state index in [9.17, 15) is 17.6 Å². The van der Waals surface area contributed by atoms with Gasteiger partial charge in [-0.1, -0.05) is 24.3 Å². The zero-order valence-corrected chi connectivity index (χ0v) is 13.6. The molecule has 0 heterocycles. The van der Waals surface area contributed by atoms with Gasteiger partial charge in [0.15, 0.2) is 0 Å². The Morgan fingerprint density at radius 3 is 2.52 bits per heavy atom. The van der Waals surface area contributed by atoms with E-state index in [0.29, 0.717) is 5.56 Å². The van der Waals surface area contributed by atoms with Gasteiger partial charge >= 0.3 is 0 Å². The van der Waals surface area contributed by atoms with Crippen molar-refractivity contribution >= 4 is 21.6 Å². The summed E-state index contributed by atoms with van der Waals surface area (Å²) in [4.78, 5) is 13.9. The van der Waals surface area contributed by atoms with E-state index in [0.717, 1.165) is 6.26 Å². The summed E-state index contributed by atoms with van der Waals surface area (Å²) in [5.74, 6) is -0.733. The van der Waals surface area contributed by atoms with Crippen LogP contribution in [0, 0.1) is 5.82 Å². The molecule has 0 spiro atoms. The number of rotatable bonds is 5. The first-order valence-electron chi connectivity index (χ1n) is 6.83. The van der Waals surface area contributed by atoms with Crippen molar-refractivity contribution in [1.29, 1.82) is 0 Å². The van der Waals surface area contributed by atoms with Gasteiger partial charge in [-0.25, -0.2) is 12.8 Å². The van der Waals surface area contributed by atoms with Crippen LogP contribution in [0.15, 0.2) is 48.5 Å². The van der Waals surface area contributed by atoms with Gasteiger partial charge in [0.2, 0.25) is 10.0 Å². The maximum Gasteiger partial charge on any atom is 0.256 e. The number of carbonyl (C=O) groups excluding carboxylic acids is 1. The molecule has 0 saturated carbocycles. The van der Waals surface area contributed by atoms with Crippen LogP contribution in [-0.2, 0) is 16.6 Å². The number of nitrogens with zero attached hydrogens (tertiary/aromatic N) is 1. The van der Waals surface area contributed by atoms with Gasteiger partial charge in [0.05, 0.1) is 17.5 Å². The average molecular weight is 336 g/mol. The Hall–Kier alpha value is -2.41. The molecule has 2 rings (SSSR count). The van der Waals surface area contributed by atoms with Gasteiger partial charge in [-0.15, -0.1) is 0 Å². The minimum atomic E-state index is -3.49. The standard InChI is InChI=1S/C16H17FN2O3S/c1-19(11-12-6-5-7-13(17)10-12)16(20)14-8-3-4-9-15(14)18-23(2,21)22/h3-10,18H,11H2,1-2H3. The quantitative estimate of drug-likeness (QED) is 0.912. The SMILES string of the molecule is CN(Cc1cccc(F)c1)C(=O)c1ccccc1NS(C)(=O)=O. The van der Waals surface area contributed by atoms with Crippen molar-refractivity contribution in [3.05, 3.63) is 65.5 Å². The van der Waals surface area contributed by atoms with Crippen LogP contribution in [0.3, 0.4) is 0 Å². The molecule has 1 N–H and O–H groups in total. The van der Waals surface area contributed by atoms with Gasteiger partial charge < -0.3 is 4.90 Å². The molecule has 0 radical (unpaired) electrons. The Balaban J connectivity index is 2.23. The number of amides is 1. The number of hydrogen-bond donors (Lipinski definition) is 1. The highest BCUT2D eigenvalue weighted by Crippen LogP contribution is 2.19. The van der Waals surface area contributed by atoms with E-state index in [4.69, 9.17) is 0 Å². The molecular weight excluding hydrogens is 319 g/mol. The lowest BCUT2D eigenvalue weighted by Crippen LogP contribution is -2.27. The minimum absolute atomic E-state index is 0.212. The van der Waals surface area contributed by atoms with Crippen molar-refractivity contribution in [2.45, 2.75) is 6.54 Å². The number of hydrogen-bond acceptors (Lipinski definition) is 3. The monoisotopic (exact) mass is 336 g/mol. The van der Waals surface area contributed by atoms with Crippen LogP contribution in [-0.4, -0.2) is 32.5 Å². The maximum atomic E-state index is 13.2. The summed E-state index contributed by atoms with van der Waals surface area (Å²) in [6, 6.07) is 12.3. The lowest BCUT2D eigenvalue weighted by Gasteiger charge is -2.19. The second-order valence-corrected chi connectivity index (χ2v) is 6.96. The zero-order chi connectivity index (χ0) is 17.0. The number of benzene rings is 2. The molecule has 0 aliphatic carbocycles. The summed E-state index contributed by atoms with van der Waals surface area (Å²) in [7, 11) is -1.92. The number of nitrogens with one attached hydrogen (secondary N) is 1. The Morgan fingerprint density at radius 1 is 1.17 bits per heavy atom. The molecular formula is C16H17FN2O3S. The van der Waals surface area contributed by atoms with Crippen molar-refractivity contribution in [1.82, 2.24) is 4.90 Å². The van der Waals surface area contributed by atoms with Crippen molar-refractivity contribution in [3.63, 3.8) is 0 Å². The summed E-state index contributed by atoms with van der Waals surface area (Å²) in [5, 5.41) is 0. The molecule has 23 heavy (non-hydrogen) atoms. The largest absolute Gasteiger partial charge is 0.337 e. The summed E-state index contributed by atoms with van der Waals surface area (Å²) < 4.78 is 38.3. The number of halogens is 1. The van der Waals surface area contributed by atoms with Crippen LogP contribution in [0.2, 0.25) is 0 Å². The molecule has 0 fully saturated rings. The molecule has 2 aromatic carbocycles. The third kappa shape index (κ3) is 4.79. The Bertz CT molecular complexity index is 822. The van der Waals surface area contributed by atoms with Crippen LogP contribution in [0.5, 0.6) is 0 Å². The molecule has 0 atom stereocenters. The van der Waals surface area contributed by atoms with Crippen LogP contribution in [0.1, 0.15) is 15.9 Å². The van der Waals surface area contributed by atoms with Gasteiger partial charge in [0.25, 0.3) is 5.91 Å². The maximum absolute atomic E-state index is 13.2. The number of sulfonamides is 1. The van der Waals surface area contributed by atoms with E-state index < -0.39 is 10.0 Å². The predicted octanol–water partition coefficient (Wildman–Crippen LogP) is 2.47. The first-order chi connectivity index (χ1) is 10.8. The van der Waals surface area contributed by atoms with E-state index in [2.05, 4.69) is 4.72 Å². The third-order valence-electron chi connectivity index (χ3n) is 3.11. The van der Waals surface area contributed by atoms with Gasteiger partial charge in [-0.2, -0.15) is 0 Å². The second kappa shape index (κ2) is 6.78. The van der Waals surface area contributed by atoms with Crippen molar-refractivity contribution < 1.29 is 17.6 Å². The molecule has 1 amide bonds. The molecule has 2 aromatic rings. The highest BCUT2D eigenvalue weighted by Gasteiger charge is 2.17. The first kappa shape index (κ1) is 17.0. The topological polar surface area (TPSA) is 66.5 Å². The number of para-hydroxylation sites is 1. The van der Waals surface area contributed by atoms with Gasteiger partial charge in [0.1, 0.15) is 5.82 Å². The molecule has 0 bridgehead atoms. The van der Waals surface area contributed by atoms with E-state index in [-0.39, 0.29) is 29.5 Å². The Morgan fingerprint density at radius 2 is 1.87 bits per heavy atom. The second-order valence-electron chi connectivity index (χ2n) is 5.21. The molecule has 0 unspecified atom stereocenters. The summed E-state index contributed by atoms with van der Waals surface area (Å²) in [6.45, 7) is 0.212. The van der Waals surface area contributed by atoms with Crippen molar-refractivity contribution in [2.75, 3.05) is 18.0 Å². The van der Waals surface area contributed by atoms with E-state index >= 15 is 0 Å². The van der Waals surface area contributed by atoms with Crippen LogP contribution >= 0.6 is 0 Å². The lowest BCUT2D eigenvalue weighted by molar-refractivity contribution is 0.0786. The first-order valence-corrected chi connectivity index (χ1v) is 8.72. The van der Waals surface area contributed by atoms with Gasteiger partial charge in [-0.05, 0) is 29.8 Å². The fraction of sp³-hybridized carbons (Fsp3) is 0.188. The van der Waals surface area contributed by atoms with Crippen molar-refractivity contribution in [2.24, 2.45) is 0 Å². The average Bonchev–Trinajstić information content (AvgIpc) is 2.45. The van der Waals surface area contributed by atoms with E-state index in [1.807, 2.05) is 0 Å². The molecule has 0 saturated heterocycles. The molecule has 0 aliphatic heterocycles. The summed E-state index contributed by atoms with van der Waals surface area (Å²) >= 11 is 0. The summed E-state index contributed by atoms with van der Waals surface area (Å²) in [6.07, 6.45) is 1.02. The van der Waals surface area contributed by atoms with Crippen LogP contribution < -0.4 is 4.72 Å². The number of carbonyl (C=O) groups is 1. The van der Waals surface area contributed by atoms with Gasteiger partial charge in [-0.3, -0.25) is 9.52 Å². The molecule has 5 nitrogen and oxygen atoms in total. The van der Waals surface area contributed by atoms with E-state index in [1.54, 1.807) is 31.3 Å². The normalized spacial score (nSPS) is 11.1. The molecule has 122 valence electrons. The van der Waals surface area contributed by atoms with Crippen molar-refractivity contribution in [3.8, 4) is 0 Å². The smallest absolute Gasteiger partial charge is 0.256 e. The minimum Gasteiger partial charge on any atom is -0.337 e. The highest BCUT2D eigenvalue weighted by molar-refractivity contribution is 7.92.